The van der Waals surface area contributed by atoms with Gasteiger partial charge in [0.05, 0.1) is 5.60 Å². The van der Waals surface area contributed by atoms with Gasteiger partial charge in [0.1, 0.15) is 5.76 Å². The van der Waals surface area contributed by atoms with E-state index in [1.807, 2.05) is 6.08 Å². The van der Waals surface area contributed by atoms with Crippen LogP contribution in [0.5, 0.6) is 0 Å². The van der Waals surface area contributed by atoms with Crippen LogP contribution in [0.1, 0.15) is 54.4 Å². The Bertz CT molecular complexity index is 507. The Morgan fingerprint density at radius 1 is 1.05 bits per heavy atom. The maximum absolute atomic E-state index is 6.45. The Morgan fingerprint density at radius 2 is 1.76 bits per heavy atom. The molecule has 0 aromatic carbocycles. The van der Waals surface area contributed by atoms with Crippen LogP contribution >= 0.6 is 0 Å². The molecule has 0 bridgehead atoms. The number of hydrogen-bond donors (Lipinski definition) is 0. The van der Waals surface area contributed by atoms with Crippen molar-refractivity contribution in [1.29, 1.82) is 0 Å². The molecular formula is C19H28O2. The molecule has 0 N–H and O–H groups in total. The van der Waals surface area contributed by atoms with E-state index in [0.29, 0.717) is 0 Å². The summed E-state index contributed by atoms with van der Waals surface area (Å²) >= 11 is 0. The van der Waals surface area contributed by atoms with Gasteiger partial charge in [-0.2, -0.15) is 0 Å². The van der Waals surface area contributed by atoms with Gasteiger partial charge < -0.3 is 9.47 Å². The fourth-order valence-electron chi connectivity index (χ4n) is 2.86. The molecule has 0 aromatic rings. The van der Waals surface area contributed by atoms with Gasteiger partial charge in [0.2, 0.25) is 5.79 Å². The molecule has 0 spiro atoms. The van der Waals surface area contributed by atoms with Crippen molar-refractivity contribution < 1.29 is 9.47 Å². The fraction of sp³-hybridized carbons (Fsp3) is 0.579. The zero-order chi connectivity index (χ0) is 15.7. The Hall–Kier alpha value is -1.28. The number of rotatable bonds is 3. The van der Waals surface area contributed by atoms with Crippen LogP contribution in [0.25, 0.3) is 0 Å². The van der Waals surface area contributed by atoms with E-state index in [1.165, 1.54) is 5.57 Å². The Kier molecular flexibility index (Phi) is 4.21. The summed E-state index contributed by atoms with van der Waals surface area (Å²) in [4.78, 5) is 0. The molecule has 2 nitrogen and oxygen atoms in total. The van der Waals surface area contributed by atoms with E-state index >= 15 is 0 Å². The quantitative estimate of drug-likeness (QED) is 0.657. The highest BCUT2D eigenvalue weighted by Gasteiger charge is 2.46. The predicted octanol–water partition coefficient (Wildman–Crippen LogP) is 5.29. The summed E-state index contributed by atoms with van der Waals surface area (Å²) < 4.78 is 12.8. The van der Waals surface area contributed by atoms with E-state index < -0.39 is 5.79 Å². The van der Waals surface area contributed by atoms with Gasteiger partial charge >= 0.3 is 0 Å². The van der Waals surface area contributed by atoms with Crippen LogP contribution in [0.3, 0.4) is 0 Å². The predicted molar refractivity (Wildman–Crippen MR) is 87.8 cm³/mol. The lowest BCUT2D eigenvalue weighted by atomic mass is 9.77. The molecule has 21 heavy (non-hydrogen) atoms. The molecule has 2 heteroatoms. The van der Waals surface area contributed by atoms with Crippen LogP contribution in [0, 0.1) is 5.41 Å². The molecule has 2 aliphatic carbocycles. The van der Waals surface area contributed by atoms with Crippen molar-refractivity contribution in [3.63, 3.8) is 0 Å². The Balaban J connectivity index is 2.41. The summed E-state index contributed by atoms with van der Waals surface area (Å²) in [5, 5.41) is 0. The van der Waals surface area contributed by atoms with Crippen LogP contribution in [-0.2, 0) is 9.47 Å². The van der Waals surface area contributed by atoms with E-state index in [-0.39, 0.29) is 11.0 Å². The molecule has 0 radical (unpaired) electrons. The zero-order valence-electron chi connectivity index (χ0n) is 14.2. The monoisotopic (exact) mass is 288 g/mol. The average Bonchev–Trinajstić information content (AvgIpc) is 2.78. The highest BCUT2D eigenvalue weighted by Crippen LogP contribution is 2.45. The van der Waals surface area contributed by atoms with E-state index in [9.17, 15) is 0 Å². The minimum atomic E-state index is -0.717. The molecule has 0 amide bonds. The van der Waals surface area contributed by atoms with Crippen molar-refractivity contribution in [2.45, 2.75) is 65.8 Å². The maximum Gasteiger partial charge on any atom is 0.238 e. The summed E-state index contributed by atoms with van der Waals surface area (Å²) in [5.41, 5.74) is 0.894. The molecule has 0 aliphatic heterocycles. The van der Waals surface area contributed by atoms with Gasteiger partial charge in [-0.05, 0) is 44.8 Å². The number of allylic oxidation sites excluding steroid dienone is 5. The second-order valence-corrected chi connectivity index (χ2v) is 7.78. The molecule has 0 fully saturated rings. The second kappa shape index (κ2) is 5.49. The Labute approximate surface area is 129 Å². The molecule has 0 heterocycles. The maximum atomic E-state index is 6.45. The third kappa shape index (κ3) is 3.88. The first-order chi connectivity index (χ1) is 9.62. The van der Waals surface area contributed by atoms with Gasteiger partial charge in [-0.3, -0.25) is 0 Å². The molecule has 0 saturated heterocycles. The third-order valence-corrected chi connectivity index (χ3v) is 3.49. The van der Waals surface area contributed by atoms with E-state index in [2.05, 4.69) is 71.9 Å². The molecule has 0 aromatic heterocycles. The minimum absolute atomic E-state index is 0.0150. The molecule has 1 atom stereocenters. The lowest BCUT2D eigenvalue weighted by Gasteiger charge is -2.45. The highest BCUT2D eigenvalue weighted by atomic mass is 16.7. The molecular weight excluding hydrogens is 260 g/mol. The van der Waals surface area contributed by atoms with Gasteiger partial charge in [-0.1, -0.05) is 45.1 Å². The van der Waals surface area contributed by atoms with Crippen molar-refractivity contribution in [2.24, 2.45) is 5.41 Å². The SMILES string of the molecule is CC(C)(C)OC1(OC2=CCC=C2)CC=CC=C1C(C)(C)C. The van der Waals surface area contributed by atoms with Gasteiger partial charge in [0, 0.05) is 12.0 Å². The first-order valence-corrected chi connectivity index (χ1v) is 7.76. The molecule has 0 saturated carbocycles. The van der Waals surface area contributed by atoms with Crippen LogP contribution in [0.4, 0.5) is 0 Å². The molecule has 2 rings (SSSR count). The van der Waals surface area contributed by atoms with Gasteiger partial charge in [0.25, 0.3) is 0 Å². The zero-order valence-corrected chi connectivity index (χ0v) is 14.2. The van der Waals surface area contributed by atoms with Crippen molar-refractivity contribution >= 4 is 0 Å². The lowest BCUT2D eigenvalue weighted by Crippen LogP contribution is -2.47. The van der Waals surface area contributed by atoms with Crippen LogP contribution in [0.2, 0.25) is 0 Å². The largest absolute Gasteiger partial charge is 0.458 e. The van der Waals surface area contributed by atoms with Crippen molar-refractivity contribution in [3.05, 3.63) is 47.8 Å². The van der Waals surface area contributed by atoms with E-state index in [1.54, 1.807) is 0 Å². The standard InChI is InChI=1S/C19H28O2/c1-17(2,3)16-13-9-10-14-19(16,21-18(4,5)6)20-15-11-7-8-12-15/h7,9-13H,8,14H2,1-6H3. The summed E-state index contributed by atoms with van der Waals surface area (Å²) in [6.07, 6.45) is 14.3. The average molecular weight is 288 g/mol. The summed E-state index contributed by atoms with van der Waals surface area (Å²) in [7, 11) is 0. The van der Waals surface area contributed by atoms with Crippen LogP contribution in [0.15, 0.2) is 47.8 Å². The Morgan fingerprint density at radius 3 is 2.29 bits per heavy atom. The molecule has 1 unspecified atom stereocenters. The second-order valence-electron chi connectivity index (χ2n) is 7.78. The van der Waals surface area contributed by atoms with Crippen LogP contribution in [-0.4, -0.2) is 11.4 Å². The van der Waals surface area contributed by atoms with Crippen LogP contribution < -0.4 is 0 Å². The molecule has 2 aliphatic rings. The normalized spacial score (nSPS) is 25.8. The van der Waals surface area contributed by atoms with Gasteiger partial charge in [-0.15, -0.1) is 0 Å². The van der Waals surface area contributed by atoms with Crippen molar-refractivity contribution in [1.82, 2.24) is 0 Å². The third-order valence-electron chi connectivity index (χ3n) is 3.49. The van der Waals surface area contributed by atoms with E-state index in [4.69, 9.17) is 9.47 Å². The minimum Gasteiger partial charge on any atom is -0.458 e. The summed E-state index contributed by atoms with van der Waals surface area (Å²) in [5.74, 6) is 0.191. The summed E-state index contributed by atoms with van der Waals surface area (Å²) in [6.45, 7) is 12.9. The lowest BCUT2D eigenvalue weighted by molar-refractivity contribution is -0.241. The number of ether oxygens (including phenoxy) is 2. The number of hydrogen-bond acceptors (Lipinski definition) is 2. The van der Waals surface area contributed by atoms with Gasteiger partial charge in [0.15, 0.2) is 0 Å². The topological polar surface area (TPSA) is 18.5 Å². The highest BCUT2D eigenvalue weighted by molar-refractivity contribution is 5.33. The first-order valence-electron chi connectivity index (χ1n) is 7.76. The van der Waals surface area contributed by atoms with Crippen molar-refractivity contribution in [2.75, 3.05) is 0 Å². The van der Waals surface area contributed by atoms with E-state index in [0.717, 1.165) is 18.6 Å². The first kappa shape index (κ1) is 16.1. The molecule has 116 valence electrons. The smallest absolute Gasteiger partial charge is 0.238 e. The van der Waals surface area contributed by atoms with Gasteiger partial charge in [-0.25, -0.2) is 0 Å². The summed E-state index contributed by atoms with van der Waals surface area (Å²) in [6, 6.07) is 0. The fourth-order valence-corrected chi connectivity index (χ4v) is 2.86. The van der Waals surface area contributed by atoms with Crippen molar-refractivity contribution in [3.8, 4) is 0 Å².